The van der Waals surface area contributed by atoms with Crippen LogP contribution in [0.15, 0.2) is 35.5 Å². The highest BCUT2D eigenvalue weighted by atomic mass is 35.5. The molecule has 0 aliphatic carbocycles. The lowest BCUT2D eigenvalue weighted by atomic mass is 9.94. The molecule has 1 aromatic carbocycles. The van der Waals surface area contributed by atoms with Gasteiger partial charge in [0.25, 0.3) is 0 Å². The van der Waals surface area contributed by atoms with E-state index in [1.54, 1.807) is 19.1 Å². The first-order chi connectivity index (χ1) is 13.0. The summed E-state index contributed by atoms with van der Waals surface area (Å²) >= 11 is 5.99. The van der Waals surface area contributed by atoms with E-state index in [0.717, 1.165) is 24.9 Å². The summed E-state index contributed by atoms with van der Waals surface area (Å²) in [5.74, 6) is -0.399. The van der Waals surface area contributed by atoms with Gasteiger partial charge >= 0.3 is 12.0 Å². The van der Waals surface area contributed by atoms with Gasteiger partial charge in [-0.05, 0) is 50.8 Å². The minimum atomic E-state index is -0.551. The van der Waals surface area contributed by atoms with E-state index in [2.05, 4.69) is 17.6 Å². The molecule has 6 nitrogen and oxygen atoms in total. The monoisotopic (exact) mass is 392 g/mol. The number of esters is 1. The Bertz CT molecular complexity index is 732. The van der Waals surface area contributed by atoms with Crippen LogP contribution in [0.5, 0.6) is 0 Å². The molecule has 27 heavy (non-hydrogen) atoms. The predicted octanol–water partition coefficient (Wildman–Crippen LogP) is 1.97. The molecule has 1 fully saturated rings. The Morgan fingerprint density at radius 3 is 2.70 bits per heavy atom. The Morgan fingerprint density at radius 1 is 1.30 bits per heavy atom. The number of hydrogen-bond acceptors (Lipinski definition) is 3. The minimum Gasteiger partial charge on any atom is -0.463 e. The maximum atomic E-state index is 12.8. The Morgan fingerprint density at radius 2 is 2.04 bits per heavy atom. The Kier molecular flexibility index (Phi) is 6.39. The van der Waals surface area contributed by atoms with Gasteiger partial charge in [-0.2, -0.15) is 0 Å². The second kappa shape index (κ2) is 8.76. The average molecular weight is 393 g/mol. The fraction of sp³-hybridized carbons (Fsp3) is 0.500. The standard InChI is InChI=1S/C20H26ClN3O3/c1-3-27-19(25)17-16(12-24-11-5-4-6-13(24)2)22-20(26)23-18(17)14-7-9-15(21)10-8-14/h7-10,13,18H,3-6,11-12H2,1-2H3,(H2,22,23,26)/p+1/t13-,18-/m0/s1. The smallest absolute Gasteiger partial charge is 0.338 e. The summed E-state index contributed by atoms with van der Waals surface area (Å²) in [6.45, 7) is 5.92. The molecule has 1 unspecified atom stereocenters. The van der Waals surface area contributed by atoms with Crippen LogP contribution in [0.2, 0.25) is 5.02 Å². The molecule has 0 bridgehead atoms. The largest absolute Gasteiger partial charge is 0.463 e. The molecule has 2 aliphatic heterocycles. The van der Waals surface area contributed by atoms with Crippen LogP contribution >= 0.6 is 11.6 Å². The molecular weight excluding hydrogens is 366 g/mol. The molecule has 0 radical (unpaired) electrons. The van der Waals surface area contributed by atoms with E-state index in [0.29, 0.717) is 28.9 Å². The average Bonchev–Trinajstić information content (AvgIpc) is 2.64. The van der Waals surface area contributed by atoms with Gasteiger partial charge in [-0.3, -0.25) is 0 Å². The van der Waals surface area contributed by atoms with E-state index in [9.17, 15) is 9.59 Å². The first-order valence-electron chi connectivity index (χ1n) is 9.57. The Labute approximate surface area is 164 Å². The van der Waals surface area contributed by atoms with Gasteiger partial charge in [-0.15, -0.1) is 0 Å². The van der Waals surface area contributed by atoms with Crippen molar-refractivity contribution < 1.29 is 19.2 Å². The van der Waals surface area contributed by atoms with Crippen molar-refractivity contribution in [3.05, 3.63) is 46.1 Å². The summed E-state index contributed by atoms with van der Waals surface area (Å²) in [4.78, 5) is 26.5. The zero-order valence-corrected chi connectivity index (χ0v) is 16.6. The van der Waals surface area contributed by atoms with E-state index >= 15 is 0 Å². The third-order valence-electron chi connectivity index (χ3n) is 5.34. The van der Waals surface area contributed by atoms with Crippen LogP contribution in [-0.2, 0) is 9.53 Å². The molecule has 146 valence electrons. The lowest BCUT2D eigenvalue weighted by Gasteiger charge is -2.34. The minimum absolute atomic E-state index is 0.282. The molecule has 2 amide bonds. The van der Waals surface area contributed by atoms with E-state index in [-0.39, 0.29) is 12.6 Å². The van der Waals surface area contributed by atoms with Gasteiger partial charge in [0.05, 0.1) is 36.5 Å². The van der Waals surface area contributed by atoms with Crippen LogP contribution in [0, 0.1) is 0 Å². The first-order valence-corrected chi connectivity index (χ1v) is 9.95. The lowest BCUT2D eigenvalue weighted by Crippen LogP contribution is -3.16. The van der Waals surface area contributed by atoms with Crippen molar-refractivity contribution in [1.82, 2.24) is 10.6 Å². The van der Waals surface area contributed by atoms with Crippen molar-refractivity contribution in [3.63, 3.8) is 0 Å². The number of halogens is 1. The summed E-state index contributed by atoms with van der Waals surface area (Å²) in [5.41, 5.74) is 1.93. The number of piperidine rings is 1. The number of likely N-dealkylation sites (tertiary alicyclic amines) is 1. The molecule has 3 rings (SSSR count). The van der Waals surface area contributed by atoms with Crippen molar-refractivity contribution in [3.8, 4) is 0 Å². The zero-order chi connectivity index (χ0) is 19.4. The van der Waals surface area contributed by atoms with Crippen LogP contribution in [0.1, 0.15) is 44.7 Å². The summed E-state index contributed by atoms with van der Waals surface area (Å²) in [6.07, 6.45) is 3.55. The number of carbonyl (C=O) groups excluding carboxylic acids is 2. The molecule has 1 aromatic rings. The molecule has 2 aliphatic rings. The SMILES string of the molecule is CCOC(=O)C1=C(C[NH+]2CCCC[C@@H]2C)NC(=O)N[C@H]1c1ccc(Cl)cc1. The number of amides is 2. The van der Waals surface area contributed by atoms with Crippen molar-refractivity contribution in [2.24, 2.45) is 0 Å². The summed E-state index contributed by atoms with van der Waals surface area (Å²) in [5, 5.41) is 6.33. The Hall–Kier alpha value is -2.05. The Balaban J connectivity index is 1.98. The number of rotatable bonds is 5. The molecule has 0 aromatic heterocycles. The highest BCUT2D eigenvalue weighted by Crippen LogP contribution is 2.28. The molecule has 0 spiro atoms. The number of hydrogen-bond donors (Lipinski definition) is 3. The first kappa shape index (κ1) is 19.7. The van der Waals surface area contributed by atoms with Crippen LogP contribution in [0.3, 0.4) is 0 Å². The third kappa shape index (κ3) is 4.62. The topological polar surface area (TPSA) is 71.9 Å². The van der Waals surface area contributed by atoms with Gasteiger partial charge in [0.1, 0.15) is 6.54 Å². The maximum absolute atomic E-state index is 12.8. The van der Waals surface area contributed by atoms with Crippen molar-refractivity contribution >= 4 is 23.6 Å². The molecule has 3 N–H and O–H groups in total. The van der Waals surface area contributed by atoms with Crippen molar-refractivity contribution in [1.29, 1.82) is 0 Å². The lowest BCUT2D eigenvalue weighted by molar-refractivity contribution is -0.924. The van der Waals surface area contributed by atoms with Gasteiger partial charge in [0.15, 0.2) is 0 Å². The predicted molar refractivity (Wildman–Crippen MR) is 104 cm³/mol. The maximum Gasteiger partial charge on any atom is 0.338 e. The van der Waals surface area contributed by atoms with Gasteiger partial charge in [0, 0.05) is 5.02 Å². The highest BCUT2D eigenvalue weighted by Gasteiger charge is 2.36. The van der Waals surface area contributed by atoms with Crippen molar-refractivity contribution in [2.75, 3.05) is 19.7 Å². The molecule has 1 saturated heterocycles. The zero-order valence-electron chi connectivity index (χ0n) is 15.8. The molecule has 0 saturated carbocycles. The van der Waals surface area contributed by atoms with Gasteiger partial charge in [-0.25, -0.2) is 9.59 Å². The quantitative estimate of drug-likeness (QED) is 0.671. The second-order valence-electron chi connectivity index (χ2n) is 7.18. The molecular formula is C20H27ClN3O3+. The van der Waals surface area contributed by atoms with E-state index in [1.165, 1.54) is 11.3 Å². The number of quaternary nitrogens is 1. The van der Waals surface area contributed by atoms with Crippen molar-refractivity contribution in [2.45, 2.75) is 45.2 Å². The summed E-state index contributed by atoms with van der Waals surface area (Å²) in [7, 11) is 0. The van der Waals surface area contributed by atoms with Crippen LogP contribution in [0.25, 0.3) is 0 Å². The third-order valence-corrected chi connectivity index (χ3v) is 5.59. The fourth-order valence-corrected chi connectivity index (χ4v) is 3.98. The number of carbonyl (C=O) groups is 2. The van der Waals surface area contributed by atoms with E-state index in [1.807, 2.05) is 12.1 Å². The van der Waals surface area contributed by atoms with Gasteiger partial charge in [0.2, 0.25) is 0 Å². The summed E-state index contributed by atoms with van der Waals surface area (Å²) in [6, 6.07) is 6.80. The summed E-state index contributed by atoms with van der Waals surface area (Å²) < 4.78 is 5.31. The van der Waals surface area contributed by atoms with Crippen LogP contribution in [-0.4, -0.2) is 37.7 Å². The number of benzene rings is 1. The number of ether oxygens (including phenoxy) is 1. The second-order valence-corrected chi connectivity index (χ2v) is 7.61. The number of urea groups is 1. The van der Waals surface area contributed by atoms with Gasteiger partial charge < -0.3 is 20.3 Å². The highest BCUT2D eigenvalue weighted by molar-refractivity contribution is 6.30. The fourth-order valence-electron chi connectivity index (χ4n) is 3.86. The van der Waals surface area contributed by atoms with Crippen LogP contribution in [0.4, 0.5) is 4.79 Å². The normalized spacial score (nSPS) is 25.6. The molecule has 3 atom stereocenters. The van der Waals surface area contributed by atoms with E-state index in [4.69, 9.17) is 16.3 Å². The molecule has 2 heterocycles. The molecule has 7 heteroatoms. The van der Waals surface area contributed by atoms with Gasteiger partial charge in [-0.1, -0.05) is 23.7 Å². The van der Waals surface area contributed by atoms with Crippen LogP contribution < -0.4 is 15.5 Å². The van der Waals surface area contributed by atoms with E-state index < -0.39 is 12.0 Å². The number of nitrogens with one attached hydrogen (secondary N) is 3.